The fraction of sp³-hybridized carbons (Fsp3) is 0.551. The minimum Gasteiger partial charge on any atom is -0.384 e. The van der Waals surface area contributed by atoms with Gasteiger partial charge < -0.3 is 30.7 Å². The zero-order chi connectivity index (χ0) is 47.7. The van der Waals surface area contributed by atoms with Crippen molar-refractivity contribution >= 4 is 58.5 Å². The number of nitrogens with zero attached hydrogens (tertiary/aromatic N) is 7. The molecule has 362 valence electrons. The Labute approximate surface area is 394 Å². The second kappa shape index (κ2) is 19.4. The number of piperazine rings is 1. The minimum atomic E-state index is -1.04. The average molecular weight is 938 g/mol. The summed E-state index contributed by atoms with van der Waals surface area (Å²) >= 11 is 0. The molecule has 5 fully saturated rings. The summed E-state index contributed by atoms with van der Waals surface area (Å²) in [4.78, 5) is 94.8. The molecule has 0 radical (unpaired) electrons. The molecular formula is C49H61F2N11O6. The number of carbonyl (C=O) groups excluding carboxylic acids is 6. The number of carbonyl (C=O) groups is 6. The number of benzene rings is 2. The molecule has 0 saturated carbocycles. The van der Waals surface area contributed by atoms with E-state index in [2.05, 4.69) is 54.9 Å². The van der Waals surface area contributed by atoms with Crippen LogP contribution in [0, 0.1) is 23.0 Å². The Balaban J connectivity index is 0.703. The maximum absolute atomic E-state index is 15.7. The van der Waals surface area contributed by atoms with E-state index < -0.39 is 46.8 Å². The van der Waals surface area contributed by atoms with Crippen molar-refractivity contribution < 1.29 is 37.5 Å². The summed E-state index contributed by atoms with van der Waals surface area (Å²) in [6, 6.07) is 8.36. The summed E-state index contributed by atoms with van der Waals surface area (Å²) in [5.74, 6) is -1.57. The molecule has 0 bridgehead atoms. The molecule has 4 N–H and O–H groups in total. The minimum absolute atomic E-state index is 0.0400. The van der Waals surface area contributed by atoms with Crippen LogP contribution in [0.25, 0.3) is 0 Å². The van der Waals surface area contributed by atoms with Gasteiger partial charge >= 0.3 is 0 Å². The molecule has 68 heavy (non-hydrogen) atoms. The summed E-state index contributed by atoms with van der Waals surface area (Å²) in [6.07, 6.45) is 7.39. The zero-order valence-corrected chi connectivity index (χ0v) is 38.9. The zero-order valence-electron chi connectivity index (χ0n) is 38.9. The molecule has 6 amide bonds. The first-order chi connectivity index (χ1) is 32.6. The number of amides is 6. The van der Waals surface area contributed by atoms with E-state index in [1.165, 1.54) is 18.5 Å². The number of hydrogen-bond acceptors (Lipinski definition) is 13. The SMILES string of the molecule is CC1(C)CCN(Cc2cc(F)c(N3CC(=O)NC4(CCN(c5cc(NCC6CCN(C(=O)CCCNc7cccc8c7C(=O)N(C7CCC(=O)NC7=O)C8=O)CC6)ncn5)CC4)C3)cc2F)CC1. The Morgan fingerprint density at radius 1 is 0.838 bits per heavy atom. The summed E-state index contributed by atoms with van der Waals surface area (Å²) in [5.41, 5.74) is 0.975. The lowest BCUT2D eigenvalue weighted by atomic mass is 9.82. The van der Waals surface area contributed by atoms with Gasteiger partial charge in [0.2, 0.25) is 23.6 Å². The van der Waals surface area contributed by atoms with E-state index in [9.17, 15) is 28.8 Å². The fourth-order valence-corrected chi connectivity index (χ4v) is 10.6. The summed E-state index contributed by atoms with van der Waals surface area (Å²) in [7, 11) is 0. The Morgan fingerprint density at radius 3 is 2.35 bits per heavy atom. The van der Waals surface area contributed by atoms with Crippen molar-refractivity contribution in [1.82, 2.24) is 35.3 Å². The average Bonchev–Trinajstić information content (AvgIpc) is 3.57. The Hall–Kier alpha value is -6.24. The third-order valence-electron chi connectivity index (χ3n) is 14.9. The quantitative estimate of drug-likeness (QED) is 0.140. The van der Waals surface area contributed by atoms with Gasteiger partial charge in [-0.25, -0.2) is 18.7 Å². The van der Waals surface area contributed by atoms with E-state index >= 15 is 8.78 Å². The van der Waals surface area contributed by atoms with Gasteiger partial charge in [0.25, 0.3) is 11.8 Å². The van der Waals surface area contributed by atoms with Crippen LogP contribution in [0.1, 0.15) is 104 Å². The Bertz CT molecular complexity index is 2460. The van der Waals surface area contributed by atoms with Crippen molar-refractivity contribution in [2.75, 3.05) is 85.9 Å². The van der Waals surface area contributed by atoms with Crippen LogP contribution in [-0.4, -0.2) is 137 Å². The van der Waals surface area contributed by atoms with Gasteiger partial charge in [-0.05, 0) is 94.0 Å². The lowest BCUT2D eigenvalue weighted by Gasteiger charge is -2.48. The van der Waals surface area contributed by atoms with Gasteiger partial charge in [0, 0.05) is 88.6 Å². The molecule has 17 nitrogen and oxygen atoms in total. The molecule has 0 aliphatic carbocycles. The van der Waals surface area contributed by atoms with Gasteiger partial charge in [-0.3, -0.25) is 43.9 Å². The highest BCUT2D eigenvalue weighted by Gasteiger charge is 2.46. The molecule has 9 rings (SSSR count). The fourth-order valence-electron chi connectivity index (χ4n) is 10.6. The number of likely N-dealkylation sites (tertiary alicyclic amines) is 2. The highest BCUT2D eigenvalue weighted by molar-refractivity contribution is 6.25. The molecule has 2 aromatic carbocycles. The third kappa shape index (κ3) is 10.1. The number of piperidine rings is 4. The second-order valence-corrected chi connectivity index (χ2v) is 20.2. The molecule has 1 aromatic heterocycles. The largest absolute Gasteiger partial charge is 0.384 e. The maximum atomic E-state index is 15.7. The summed E-state index contributed by atoms with van der Waals surface area (Å²) in [5, 5.41) is 12.1. The van der Waals surface area contributed by atoms with E-state index in [1.54, 1.807) is 23.1 Å². The molecule has 1 spiro atoms. The van der Waals surface area contributed by atoms with E-state index in [1.807, 2.05) is 11.0 Å². The van der Waals surface area contributed by atoms with E-state index in [-0.39, 0.29) is 53.4 Å². The summed E-state index contributed by atoms with van der Waals surface area (Å²) < 4.78 is 31.2. The third-order valence-corrected chi connectivity index (χ3v) is 14.9. The number of rotatable bonds is 13. The van der Waals surface area contributed by atoms with Gasteiger partial charge in [0.15, 0.2) is 0 Å². The van der Waals surface area contributed by atoms with E-state index in [4.69, 9.17) is 0 Å². The van der Waals surface area contributed by atoms with Crippen molar-refractivity contribution in [2.45, 2.75) is 96.2 Å². The number of imide groups is 2. The maximum Gasteiger partial charge on any atom is 0.264 e. The number of halogens is 2. The van der Waals surface area contributed by atoms with Crippen molar-refractivity contribution in [3.63, 3.8) is 0 Å². The molecule has 19 heteroatoms. The van der Waals surface area contributed by atoms with Crippen LogP contribution in [0.2, 0.25) is 0 Å². The smallest absolute Gasteiger partial charge is 0.264 e. The van der Waals surface area contributed by atoms with Gasteiger partial charge in [0.05, 0.1) is 28.9 Å². The molecule has 3 aromatic rings. The van der Waals surface area contributed by atoms with Crippen LogP contribution < -0.4 is 31.1 Å². The molecule has 5 saturated heterocycles. The lowest BCUT2D eigenvalue weighted by molar-refractivity contribution is -0.136. The molecule has 7 heterocycles. The van der Waals surface area contributed by atoms with Crippen molar-refractivity contribution in [2.24, 2.45) is 11.3 Å². The normalized spacial score (nSPS) is 22.1. The predicted molar refractivity (Wildman–Crippen MR) is 250 cm³/mol. The highest BCUT2D eigenvalue weighted by atomic mass is 19.1. The molecule has 1 atom stereocenters. The predicted octanol–water partition coefficient (Wildman–Crippen LogP) is 4.30. The monoisotopic (exact) mass is 937 g/mol. The topological polar surface area (TPSA) is 193 Å². The van der Waals surface area contributed by atoms with Crippen LogP contribution in [0.3, 0.4) is 0 Å². The number of anilines is 4. The molecule has 6 aliphatic heterocycles. The number of nitrogens with one attached hydrogen (secondary N) is 4. The standard InChI is InChI=1S/C49H61F2N11O6/c1-48(2)12-19-58(20-13-48)27-32-23-35(51)38(24-34(32)50)61-28-42(64)57-49(29-61)14-21-59(22-15-49)40-25-39(54-30-55-40)53-26-31-10-17-60(18-11-31)43(65)7-4-16-52-36-6-3-5-33-44(36)47(68)62(46(33)67)37-8-9-41(63)56-45(37)66/h3,5-6,23-25,30-31,37,52H,4,7-22,26-29H2,1-2H3,(H,57,64)(H,53,54,55)(H,56,63,66). The first kappa shape index (κ1) is 46.9. The van der Waals surface area contributed by atoms with Crippen LogP contribution in [0.4, 0.5) is 31.8 Å². The van der Waals surface area contributed by atoms with Crippen molar-refractivity contribution in [3.8, 4) is 0 Å². The van der Waals surface area contributed by atoms with Crippen LogP contribution in [-0.2, 0) is 25.7 Å². The lowest BCUT2D eigenvalue weighted by Crippen LogP contribution is -2.66. The molecule has 6 aliphatic rings. The molecule has 1 unspecified atom stereocenters. The number of aromatic nitrogens is 2. The first-order valence-electron chi connectivity index (χ1n) is 24.1. The van der Waals surface area contributed by atoms with Crippen LogP contribution in [0.5, 0.6) is 0 Å². The van der Waals surface area contributed by atoms with Crippen LogP contribution >= 0.6 is 0 Å². The van der Waals surface area contributed by atoms with Gasteiger partial charge in [-0.15, -0.1) is 0 Å². The van der Waals surface area contributed by atoms with Crippen LogP contribution in [0.15, 0.2) is 42.7 Å². The van der Waals surface area contributed by atoms with Crippen molar-refractivity contribution in [1.29, 1.82) is 0 Å². The Morgan fingerprint density at radius 2 is 1.60 bits per heavy atom. The van der Waals surface area contributed by atoms with E-state index in [0.29, 0.717) is 101 Å². The number of fused-ring (bicyclic) bond motifs is 1. The highest BCUT2D eigenvalue weighted by Crippen LogP contribution is 2.36. The first-order valence-corrected chi connectivity index (χ1v) is 24.1. The van der Waals surface area contributed by atoms with Gasteiger partial charge in [-0.2, -0.15) is 0 Å². The number of hydrogen-bond donors (Lipinski definition) is 4. The summed E-state index contributed by atoms with van der Waals surface area (Å²) in [6.45, 7) is 10.4. The Kier molecular flexibility index (Phi) is 13.4. The van der Waals surface area contributed by atoms with Gasteiger partial charge in [-0.1, -0.05) is 19.9 Å². The van der Waals surface area contributed by atoms with Crippen molar-refractivity contribution in [3.05, 3.63) is 71.1 Å². The second-order valence-electron chi connectivity index (χ2n) is 20.2. The van der Waals surface area contributed by atoms with Gasteiger partial charge in [0.1, 0.15) is 35.6 Å². The molecular weight excluding hydrogens is 877 g/mol. The van der Waals surface area contributed by atoms with E-state index in [0.717, 1.165) is 49.5 Å².